The van der Waals surface area contributed by atoms with Crippen LogP contribution in [-0.4, -0.2) is 48.9 Å². The van der Waals surface area contributed by atoms with Crippen molar-refractivity contribution < 1.29 is 4.74 Å². The van der Waals surface area contributed by atoms with Gasteiger partial charge < -0.3 is 14.5 Å². The Bertz CT molecular complexity index is 593. The molecular weight excluding hydrogens is 322 g/mol. The first-order chi connectivity index (χ1) is 12.7. The number of hydrogen-bond donors (Lipinski definition) is 1. The highest BCUT2D eigenvalue weighted by molar-refractivity contribution is 5.79. The zero-order valence-corrected chi connectivity index (χ0v) is 16.6. The van der Waals surface area contributed by atoms with E-state index in [-0.39, 0.29) is 0 Å². The van der Waals surface area contributed by atoms with Gasteiger partial charge in [-0.1, -0.05) is 25.8 Å². The molecule has 1 fully saturated rings. The van der Waals surface area contributed by atoms with Crippen molar-refractivity contribution in [3.05, 3.63) is 29.3 Å². The largest absolute Gasteiger partial charge is 0.493 e. The van der Waals surface area contributed by atoms with Crippen LogP contribution in [0.2, 0.25) is 0 Å². The van der Waals surface area contributed by atoms with Gasteiger partial charge in [0.15, 0.2) is 0 Å². The van der Waals surface area contributed by atoms with Gasteiger partial charge in [0.05, 0.1) is 12.4 Å². The molecule has 1 saturated heterocycles. The van der Waals surface area contributed by atoms with E-state index in [0.717, 1.165) is 76.5 Å². The Morgan fingerprint density at radius 3 is 2.73 bits per heavy atom. The molecule has 144 valence electrons. The first-order valence-corrected chi connectivity index (χ1v) is 10.4. The Morgan fingerprint density at radius 1 is 1.15 bits per heavy atom. The zero-order valence-electron chi connectivity index (χ0n) is 16.6. The lowest BCUT2D eigenvalue weighted by Crippen LogP contribution is -2.39. The van der Waals surface area contributed by atoms with E-state index in [2.05, 4.69) is 42.0 Å². The lowest BCUT2D eigenvalue weighted by Gasteiger charge is -2.33. The molecule has 0 amide bonds. The van der Waals surface area contributed by atoms with Crippen LogP contribution in [0.3, 0.4) is 0 Å². The molecule has 0 atom stereocenters. The number of amidine groups is 1. The summed E-state index contributed by atoms with van der Waals surface area (Å²) in [5, 5.41) is 8.26. The second-order valence-electron chi connectivity index (χ2n) is 8.06. The number of piperidine rings is 1. The summed E-state index contributed by atoms with van der Waals surface area (Å²) in [6.45, 7) is 7.26. The molecule has 0 spiro atoms. The number of nitrogens with zero attached hydrogens (tertiary/aromatic N) is 2. The smallest absolute Gasteiger partial charge is 0.119 e. The number of hydrogen-bond acceptors (Lipinski definition) is 3. The highest BCUT2D eigenvalue weighted by Crippen LogP contribution is 2.25. The number of nitrogens with one attached hydrogen (secondary N) is 1. The van der Waals surface area contributed by atoms with Gasteiger partial charge in [-0.25, -0.2) is 0 Å². The van der Waals surface area contributed by atoms with E-state index in [1.807, 2.05) is 0 Å². The Labute approximate surface area is 159 Å². The molecule has 1 aromatic carbocycles. The fourth-order valence-electron chi connectivity index (χ4n) is 4.05. The van der Waals surface area contributed by atoms with Crippen molar-refractivity contribution in [3.63, 3.8) is 0 Å². The molecule has 0 bridgehead atoms. The summed E-state index contributed by atoms with van der Waals surface area (Å²) in [5.74, 6) is 2.49. The van der Waals surface area contributed by atoms with Gasteiger partial charge in [-0.05, 0) is 61.9 Å². The van der Waals surface area contributed by atoms with E-state index in [1.54, 1.807) is 0 Å². The molecule has 0 radical (unpaired) electrons. The molecular formula is C22H35N3O. The quantitative estimate of drug-likeness (QED) is 0.449. The third kappa shape index (κ3) is 5.23. The topological polar surface area (TPSA) is 39.6 Å². The van der Waals surface area contributed by atoms with Crippen LogP contribution in [0.15, 0.2) is 18.2 Å². The van der Waals surface area contributed by atoms with Crippen molar-refractivity contribution in [2.75, 3.05) is 33.3 Å². The van der Waals surface area contributed by atoms with E-state index in [4.69, 9.17) is 10.1 Å². The maximum absolute atomic E-state index is 8.26. The van der Waals surface area contributed by atoms with Crippen molar-refractivity contribution in [2.24, 2.45) is 5.92 Å². The standard InChI is InChI=1S/C22H35N3O/c1-3-4-5-6-22(23)25-13-9-18(10-14-25)17-26-21-8-7-19-11-12-24(2)16-20(19)15-21/h7-8,15,18,23H,3-6,9-14,16-17H2,1-2H3. The van der Waals surface area contributed by atoms with Crippen LogP contribution in [0, 0.1) is 11.3 Å². The molecule has 1 aromatic rings. The van der Waals surface area contributed by atoms with Crippen LogP contribution < -0.4 is 4.74 Å². The zero-order chi connectivity index (χ0) is 18.4. The van der Waals surface area contributed by atoms with Crippen LogP contribution in [0.25, 0.3) is 0 Å². The highest BCUT2D eigenvalue weighted by atomic mass is 16.5. The van der Waals surface area contributed by atoms with E-state index >= 15 is 0 Å². The summed E-state index contributed by atoms with van der Waals surface area (Å²) in [6, 6.07) is 6.63. The van der Waals surface area contributed by atoms with E-state index in [9.17, 15) is 0 Å². The van der Waals surface area contributed by atoms with Crippen LogP contribution >= 0.6 is 0 Å². The van der Waals surface area contributed by atoms with Crippen LogP contribution in [-0.2, 0) is 13.0 Å². The van der Waals surface area contributed by atoms with Crippen molar-refractivity contribution in [1.82, 2.24) is 9.80 Å². The average Bonchev–Trinajstić information content (AvgIpc) is 2.66. The minimum atomic E-state index is 0.619. The molecule has 0 aromatic heterocycles. The van der Waals surface area contributed by atoms with Crippen molar-refractivity contribution >= 4 is 5.84 Å². The number of unbranched alkanes of at least 4 members (excludes halogenated alkanes) is 2. The van der Waals surface area contributed by atoms with Crippen LogP contribution in [0.4, 0.5) is 0 Å². The summed E-state index contributed by atoms with van der Waals surface area (Å²) in [6.07, 6.45) is 8.00. The van der Waals surface area contributed by atoms with Gasteiger partial charge in [-0.2, -0.15) is 0 Å². The first kappa shape index (κ1) is 19.2. The summed E-state index contributed by atoms with van der Waals surface area (Å²) < 4.78 is 6.13. The van der Waals surface area contributed by atoms with Gasteiger partial charge in [0.2, 0.25) is 0 Å². The Hall–Kier alpha value is -1.55. The first-order valence-electron chi connectivity index (χ1n) is 10.4. The molecule has 0 aliphatic carbocycles. The van der Waals surface area contributed by atoms with Gasteiger partial charge in [0, 0.05) is 32.6 Å². The summed E-state index contributed by atoms with van der Waals surface area (Å²) in [5.41, 5.74) is 2.90. The molecule has 2 aliphatic rings. The molecule has 0 saturated carbocycles. The minimum absolute atomic E-state index is 0.619. The second-order valence-corrected chi connectivity index (χ2v) is 8.06. The fourth-order valence-corrected chi connectivity index (χ4v) is 4.05. The number of ether oxygens (including phenoxy) is 1. The van der Waals surface area contributed by atoms with Gasteiger partial charge in [-0.3, -0.25) is 5.41 Å². The summed E-state index contributed by atoms with van der Waals surface area (Å²) >= 11 is 0. The third-order valence-corrected chi connectivity index (χ3v) is 5.88. The van der Waals surface area contributed by atoms with Gasteiger partial charge in [0.25, 0.3) is 0 Å². The van der Waals surface area contributed by atoms with Crippen molar-refractivity contribution in [1.29, 1.82) is 5.41 Å². The van der Waals surface area contributed by atoms with E-state index in [1.165, 1.54) is 24.0 Å². The lowest BCUT2D eigenvalue weighted by atomic mass is 9.97. The highest BCUT2D eigenvalue weighted by Gasteiger charge is 2.21. The number of fused-ring (bicyclic) bond motifs is 1. The van der Waals surface area contributed by atoms with Gasteiger partial charge >= 0.3 is 0 Å². The van der Waals surface area contributed by atoms with Crippen LogP contribution in [0.5, 0.6) is 5.75 Å². The third-order valence-electron chi connectivity index (χ3n) is 5.88. The number of likely N-dealkylation sites (N-methyl/N-ethyl adjacent to an activating group) is 1. The Morgan fingerprint density at radius 2 is 1.96 bits per heavy atom. The predicted molar refractivity (Wildman–Crippen MR) is 108 cm³/mol. The SMILES string of the molecule is CCCCCC(=N)N1CCC(COc2ccc3c(c2)CN(C)CC3)CC1. The molecule has 0 unspecified atom stereocenters. The Balaban J connectivity index is 1.41. The van der Waals surface area contributed by atoms with E-state index < -0.39 is 0 Å². The van der Waals surface area contributed by atoms with Gasteiger partial charge in [-0.15, -0.1) is 0 Å². The molecule has 4 heteroatoms. The maximum atomic E-state index is 8.26. The normalized spacial score (nSPS) is 18.6. The lowest BCUT2D eigenvalue weighted by molar-refractivity contribution is 0.179. The molecule has 2 heterocycles. The second kappa shape index (κ2) is 9.40. The van der Waals surface area contributed by atoms with Crippen molar-refractivity contribution in [3.8, 4) is 5.75 Å². The fraction of sp³-hybridized carbons (Fsp3) is 0.682. The average molecular weight is 358 g/mol. The van der Waals surface area contributed by atoms with Crippen LogP contribution in [0.1, 0.15) is 56.6 Å². The Kier molecular flexibility index (Phi) is 6.95. The number of rotatable bonds is 7. The van der Waals surface area contributed by atoms with Crippen molar-refractivity contribution in [2.45, 2.75) is 58.4 Å². The van der Waals surface area contributed by atoms with E-state index in [0.29, 0.717) is 5.92 Å². The maximum Gasteiger partial charge on any atom is 0.119 e. The molecule has 2 aliphatic heterocycles. The molecule has 3 rings (SSSR count). The molecule has 1 N–H and O–H groups in total. The monoisotopic (exact) mass is 357 g/mol. The van der Waals surface area contributed by atoms with Gasteiger partial charge in [0.1, 0.15) is 5.75 Å². The summed E-state index contributed by atoms with van der Waals surface area (Å²) in [4.78, 5) is 4.65. The minimum Gasteiger partial charge on any atom is -0.493 e. The number of benzene rings is 1. The molecule has 4 nitrogen and oxygen atoms in total. The molecule has 26 heavy (non-hydrogen) atoms. The predicted octanol–water partition coefficient (Wildman–Crippen LogP) is 4.32. The number of likely N-dealkylation sites (tertiary alicyclic amines) is 1. The summed E-state index contributed by atoms with van der Waals surface area (Å²) in [7, 11) is 2.18.